The monoisotopic (exact) mass is 342 g/mol. The van der Waals surface area contributed by atoms with Crippen molar-refractivity contribution in [2.45, 2.75) is 12.8 Å². The lowest BCUT2D eigenvalue weighted by atomic mass is 10.2. The Labute approximate surface area is 143 Å². The number of rotatable bonds is 4. The van der Waals surface area contributed by atoms with Crippen molar-refractivity contribution in [2.75, 3.05) is 5.32 Å². The van der Waals surface area contributed by atoms with Crippen LogP contribution in [0.25, 0.3) is 0 Å². The lowest BCUT2D eigenvalue weighted by molar-refractivity contribution is -0.151. The number of benzene rings is 1. The van der Waals surface area contributed by atoms with E-state index in [1.807, 2.05) is 6.07 Å². The quantitative estimate of drug-likeness (QED) is 0.481. The second-order valence-electron chi connectivity index (χ2n) is 4.86. The molecule has 1 aliphatic heterocycles. The van der Waals surface area contributed by atoms with Gasteiger partial charge in [0.2, 0.25) is 5.91 Å². The molecule has 1 fully saturated rings. The molecule has 0 aliphatic carbocycles. The summed E-state index contributed by atoms with van der Waals surface area (Å²) < 4.78 is 4.10. The van der Waals surface area contributed by atoms with Crippen LogP contribution < -0.4 is 5.32 Å². The van der Waals surface area contributed by atoms with Gasteiger partial charge in [-0.3, -0.25) is 9.59 Å². The van der Waals surface area contributed by atoms with Crippen LogP contribution in [0, 0.1) is 11.3 Å². The minimum atomic E-state index is -1.19. The van der Waals surface area contributed by atoms with Crippen molar-refractivity contribution in [3.8, 4) is 6.07 Å². The van der Waals surface area contributed by atoms with E-state index in [4.69, 9.17) is 10.4 Å². The molecule has 25 heavy (non-hydrogen) atoms. The Morgan fingerprint density at radius 1 is 1.28 bits per heavy atom. The molecule has 2 rings (SSSR count). The largest absolute Gasteiger partial charge is 0.478 e. The number of nitriles is 1. The van der Waals surface area contributed by atoms with E-state index in [2.05, 4.69) is 23.2 Å². The number of carboxylic acid groups (broad SMARTS) is 1. The van der Waals surface area contributed by atoms with Crippen LogP contribution in [0.5, 0.6) is 0 Å². The summed E-state index contributed by atoms with van der Waals surface area (Å²) in [6.45, 7) is 6.55. The van der Waals surface area contributed by atoms with Gasteiger partial charge in [-0.2, -0.15) is 5.26 Å². The van der Waals surface area contributed by atoms with E-state index in [0.29, 0.717) is 11.3 Å². The molecule has 0 unspecified atom stereocenters. The molecule has 2 N–H and O–H groups in total. The fourth-order valence-corrected chi connectivity index (χ4v) is 1.56. The van der Waals surface area contributed by atoms with E-state index in [1.165, 1.54) is 0 Å². The minimum absolute atomic E-state index is 0.0544. The minimum Gasteiger partial charge on any atom is -0.478 e. The van der Waals surface area contributed by atoms with Gasteiger partial charge in [0.05, 0.1) is 24.5 Å². The van der Waals surface area contributed by atoms with Crippen molar-refractivity contribution < 1.29 is 29.0 Å². The zero-order valence-corrected chi connectivity index (χ0v) is 13.1. The Balaban J connectivity index is 0.000000324. The number of esters is 2. The standard InChI is InChI=1S/C12H10N2O3.C5H4O3/c1-8(12(16)17)6-11(15)14-10-4-2-9(7-13)3-5-10;1-3-2-4(6)8-5(3)7/h2-5H,1,6H2,(H,14,15)(H,16,17);1-2H2. The van der Waals surface area contributed by atoms with Crippen molar-refractivity contribution in [1.29, 1.82) is 5.26 Å². The van der Waals surface area contributed by atoms with E-state index in [0.717, 1.165) is 0 Å². The maximum atomic E-state index is 11.4. The summed E-state index contributed by atoms with van der Waals surface area (Å²) in [5.41, 5.74) is 1.07. The zero-order valence-electron chi connectivity index (χ0n) is 13.1. The Kier molecular flexibility index (Phi) is 6.79. The lowest BCUT2D eigenvalue weighted by Gasteiger charge is -2.04. The van der Waals surface area contributed by atoms with Crippen molar-refractivity contribution in [1.82, 2.24) is 0 Å². The Hall–Kier alpha value is -3.73. The molecule has 0 atom stereocenters. The maximum absolute atomic E-state index is 11.4. The van der Waals surface area contributed by atoms with Crippen LogP contribution in [0.2, 0.25) is 0 Å². The predicted molar refractivity (Wildman–Crippen MR) is 86.0 cm³/mol. The highest BCUT2D eigenvalue weighted by Crippen LogP contribution is 2.11. The summed E-state index contributed by atoms with van der Waals surface area (Å²) in [4.78, 5) is 42.2. The first-order valence-electron chi connectivity index (χ1n) is 6.86. The molecule has 8 nitrogen and oxygen atoms in total. The highest BCUT2D eigenvalue weighted by Gasteiger charge is 2.24. The summed E-state index contributed by atoms with van der Waals surface area (Å²) in [5, 5.41) is 19.6. The van der Waals surface area contributed by atoms with E-state index in [9.17, 15) is 19.2 Å². The fraction of sp³-hybridized carbons (Fsp3) is 0.118. The van der Waals surface area contributed by atoms with E-state index in [-0.39, 0.29) is 24.0 Å². The molecule has 1 amide bonds. The number of nitrogens with zero attached hydrogens (tertiary/aromatic N) is 1. The number of ether oxygens (including phenoxy) is 1. The second-order valence-corrected chi connectivity index (χ2v) is 4.86. The highest BCUT2D eigenvalue weighted by atomic mass is 16.6. The van der Waals surface area contributed by atoms with E-state index in [1.54, 1.807) is 24.3 Å². The van der Waals surface area contributed by atoms with Gasteiger partial charge in [0.15, 0.2) is 0 Å². The van der Waals surface area contributed by atoms with E-state index >= 15 is 0 Å². The molecule has 1 saturated heterocycles. The Morgan fingerprint density at radius 2 is 1.88 bits per heavy atom. The summed E-state index contributed by atoms with van der Waals surface area (Å²) in [5.74, 6) is -2.74. The maximum Gasteiger partial charge on any atom is 0.341 e. The Bertz CT molecular complexity index is 768. The summed E-state index contributed by atoms with van der Waals surface area (Å²) >= 11 is 0. The average Bonchev–Trinajstić information content (AvgIpc) is 2.84. The van der Waals surface area contributed by atoms with Crippen LogP contribution in [0.15, 0.2) is 48.6 Å². The molecular formula is C17H14N2O6. The molecule has 1 aromatic carbocycles. The average molecular weight is 342 g/mol. The Morgan fingerprint density at radius 3 is 2.24 bits per heavy atom. The number of carboxylic acids is 1. The molecule has 1 heterocycles. The van der Waals surface area contributed by atoms with Gasteiger partial charge in [-0.05, 0) is 24.3 Å². The number of anilines is 1. The number of cyclic esters (lactones) is 2. The number of amides is 1. The smallest absolute Gasteiger partial charge is 0.341 e. The summed E-state index contributed by atoms with van der Waals surface area (Å²) in [7, 11) is 0. The first-order valence-corrected chi connectivity index (χ1v) is 6.86. The first-order chi connectivity index (χ1) is 11.7. The second kappa shape index (κ2) is 8.79. The van der Waals surface area contributed by atoms with Crippen LogP contribution in [0.1, 0.15) is 18.4 Å². The van der Waals surface area contributed by atoms with Gasteiger partial charge in [0.25, 0.3) is 0 Å². The van der Waals surface area contributed by atoms with Gasteiger partial charge in [0.1, 0.15) is 0 Å². The predicted octanol–water partition coefficient (Wildman–Crippen LogP) is 1.54. The van der Waals surface area contributed by atoms with Crippen LogP contribution in [0.4, 0.5) is 5.69 Å². The van der Waals surface area contributed by atoms with Crippen LogP contribution in [-0.4, -0.2) is 28.9 Å². The van der Waals surface area contributed by atoms with Gasteiger partial charge in [-0.25, -0.2) is 9.59 Å². The molecular weight excluding hydrogens is 328 g/mol. The van der Waals surface area contributed by atoms with Crippen molar-refractivity contribution in [3.05, 3.63) is 54.1 Å². The van der Waals surface area contributed by atoms with Crippen molar-refractivity contribution in [2.24, 2.45) is 0 Å². The van der Waals surface area contributed by atoms with Gasteiger partial charge >= 0.3 is 17.9 Å². The number of nitrogens with one attached hydrogen (secondary N) is 1. The van der Waals surface area contributed by atoms with Gasteiger partial charge in [0, 0.05) is 16.8 Å². The molecule has 1 aliphatic rings. The molecule has 128 valence electrons. The third-order valence-electron chi connectivity index (χ3n) is 2.83. The van der Waals surface area contributed by atoms with Gasteiger partial charge in [-0.1, -0.05) is 13.2 Å². The molecule has 0 spiro atoms. The summed E-state index contributed by atoms with van der Waals surface area (Å²) in [6.07, 6.45) is -0.214. The number of carbonyl (C=O) groups is 4. The van der Waals surface area contributed by atoms with E-state index < -0.39 is 23.8 Å². The number of hydrogen-bond donors (Lipinski definition) is 2. The normalized spacial score (nSPS) is 12.4. The van der Waals surface area contributed by atoms with Gasteiger partial charge in [-0.15, -0.1) is 0 Å². The van der Waals surface area contributed by atoms with Crippen LogP contribution in [0.3, 0.4) is 0 Å². The molecule has 0 saturated carbocycles. The molecule has 0 bridgehead atoms. The van der Waals surface area contributed by atoms with Crippen molar-refractivity contribution in [3.63, 3.8) is 0 Å². The molecule has 0 radical (unpaired) electrons. The number of aliphatic carboxylic acids is 1. The van der Waals surface area contributed by atoms with Gasteiger partial charge < -0.3 is 15.2 Å². The molecule has 8 heteroatoms. The third-order valence-corrected chi connectivity index (χ3v) is 2.83. The third kappa shape index (κ3) is 6.50. The molecule has 0 aromatic heterocycles. The van der Waals surface area contributed by atoms with Crippen LogP contribution >= 0.6 is 0 Å². The number of carbonyl (C=O) groups excluding carboxylic acids is 3. The zero-order chi connectivity index (χ0) is 19.0. The number of hydrogen-bond acceptors (Lipinski definition) is 6. The fourth-order valence-electron chi connectivity index (χ4n) is 1.56. The summed E-state index contributed by atoms with van der Waals surface area (Å²) in [6, 6.07) is 8.20. The first kappa shape index (κ1) is 19.3. The van der Waals surface area contributed by atoms with Crippen LogP contribution in [-0.2, 0) is 23.9 Å². The molecule has 1 aromatic rings. The van der Waals surface area contributed by atoms with Crippen molar-refractivity contribution >= 4 is 29.5 Å². The topological polar surface area (TPSA) is 134 Å². The highest BCUT2D eigenvalue weighted by molar-refractivity contribution is 6.05. The SMILES string of the molecule is C=C(CC(=O)Nc1ccc(C#N)cc1)C(=O)O.C=C1CC(=O)OC1=O. The lowest BCUT2D eigenvalue weighted by Crippen LogP contribution is -2.14.